The van der Waals surface area contributed by atoms with Crippen LogP contribution in [0.2, 0.25) is 0 Å². The molecule has 4 nitrogen and oxygen atoms in total. The van der Waals surface area contributed by atoms with Crippen molar-refractivity contribution in [3.63, 3.8) is 0 Å². The summed E-state index contributed by atoms with van der Waals surface area (Å²) in [5.41, 5.74) is 2.80. The van der Waals surface area contributed by atoms with Crippen molar-refractivity contribution in [3.8, 4) is 0 Å². The van der Waals surface area contributed by atoms with Gasteiger partial charge in [0.05, 0.1) is 12.2 Å². The van der Waals surface area contributed by atoms with E-state index in [1.165, 1.54) is 0 Å². The number of aromatic nitrogens is 2. The molecule has 3 rings (SSSR count). The number of amides is 1. The quantitative estimate of drug-likeness (QED) is 0.741. The minimum absolute atomic E-state index is 0.0328. The second-order valence-electron chi connectivity index (χ2n) is 4.01. The Balaban J connectivity index is 1.84. The first-order chi connectivity index (χ1) is 8.34. The standard InChI is InChI=1S/C13H11N3O/c17-13(10-3-6-14-7-4-10)16-8-11-2-1-5-15-12(11)9-16/h1-7H,8-9H2. The van der Waals surface area contributed by atoms with E-state index in [0.29, 0.717) is 18.7 Å². The van der Waals surface area contributed by atoms with Gasteiger partial charge < -0.3 is 4.90 Å². The molecular formula is C13H11N3O. The summed E-state index contributed by atoms with van der Waals surface area (Å²) < 4.78 is 0. The van der Waals surface area contributed by atoms with Crippen molar-refractivity contribution >= 4 is 5.91 Å². The Bertz CT molecular complexity index is 529. The SMILES string of the molecule is O=C(c1ccncc1)N1Cc2cccnc2C1. The van der Waals surface area contributed by atoms with Crippen LogP contribution < -0.4 is 0 Å². The maximum Gasteiger partial charge on any atom is 0.254 e. The van der Waals surface area contributed by atoms with Crippen LogP contribution in [0.25, 0.3) is 0 Å². The molecule has 0 N–H and O–H groups in total. The van der Waals surface area contributed by atoms with E-state index < -0.39 is 0 Å². The fraction of sp³-hybridized carbons (Fsp3) is 0.154. The molecule has 17 heavy (non-hydrogen) atoms. The summed E-state index contributed by atoms with van der Waals surface area (Å²) in [7, 11) is 0. The fourth-order valence-electron chi connectivity index (χ4n) is 2.02. The lowest BCUT2D eigenvalue weighted by atomic mass is 10.2. The number of nitrogens with zero attached hydrogens (tertiary/aromatic N) is 3. The summed E-state index contributed by atoms with van der Waals surface area (Å²) in [5.74, 6) is 0.0328. The molecule has 0 bridgehead atoms. The molecule has 3 heterocycles. The number of carbonyl (C=O) groups is 1. The molecule has 0 radical (unpaired) electrons. The topological polar surface area (TPSA) is 46.1 Å². The van der Waals surface area contributed by atoms with Crippen LogP contribution in [0.15, 0.2) is 42.9 Å². The monoisotopic (exact) mass is 225 g/mol. The molecule has 1 aliphatic rings. The first-order valence-electron chi connectivity index (χ1n) is 5.46. The predicted molar refractivity (Wildman–Crippen MR) is 62.1 cm³/mol. The van der Waals surface area contributed by atoms with Crippen molar-refractivity contribution < 1.29 is 4.79 Å². The van der Waals surface area contributed by atoms with E-state index in [2.05, 4.69) is 9.97 Å². The maximum absolute atomic E-state index is 12.2. The Morgan fingerprint density at radius 2 is 1.94 bits per heavy atom. The summed E-state index contributed by atoms with van der Waals surface area (Å²) in [6, 6.07) is 7.39. The molecule has 84 valence electrons. The van der Waals surface area contributed by atoms with Crippen molar-refractivity contribution in [2.24, 2.45) is 0 Å². The van der Waals surface area contributed by atoms with E-state index in [0.717, 1.165) is 11.3 Å². The first kappa shape index (κ1) is 9.96. The van der Waals surface area contributed by atoms with Gasteiger partial charge >= 0.3 is 0 Å². The van der Waals surface area contributed by atoms with Gasteiger partial charge in [-0.05, 0) is 23.8 Å². The van der Waals surface area contributed by atoms with E-state index >= 15 is 0 Å². The highest BCUT2D eigenvalue weighted by Crippen LogP contribution is 2.21. The van der Waals surface area contributed by atoms with Gasteiger partial charge in [0.1, 0.15) is 0 Å². The minimum atomic E-state index is 0.0328. The molecule has 0 saturated heterocycles. The number of hydrogen-bond donors (Lipinski definition) is 0. The highest BCUT2D eigenvalue weighted by atomic mass is 16.2. The molecule has 1 amide bonds. The van der Waals surface area contributed by atoms with Crippen LogP contribution in [-0.2, 0) is 13.1 Å². The lowest BCUT2D eigenvalue weighted by Gasteiger charge is -2.14. The van der Waals surface area contributed by atoms with Crippen LogP contribution in [0, 0.1) is 0 Å². The fourth-order valence-corrected chi connectivity index (χ4v) is 2.02. The normalized spacial score (nSPS) is 13.5. The summed E-state index contributed by atoms with van der Waals surface area (Å²) in [5, 5.41) is 0. The average Bonchev–Trinajstić information content (AvgIpc) is 2.82. The molecule has 0 fully saturated rings. The van der Waals surface area contributed by atoms with Crippen molar-refractivity contribution in [2.75, 3.05) is 0 Å². The molecule has 0 saturated carbocycles. The summed E-state index contributed by atoms with van der Waals surface area (Å²) >= 11 is 0. The number of rotatable bonds is 1. The van der Waals surface area contributed by atoms with E-state index in [-0.39, 0.29) is 5.91 Å². The largest absolute Gasteiger partial charge is 0.328 e. The summed E-state index contributed by atoms with van der Waals surface area (Å²) in [6.45, 7) is 1.24. The number of hydrogen-bond acceptors (Lipinski definition) is 3. The Morgan fingerprint density at radius 1 is 1.12 bits per heavy atom. The third-order valence-corrected chi connectivity index (χ3v) is 2.90. The van der Waals surface area contributed by atoms with Crippen molar-refractivity contribution in [1.82, 2.24) is 14.9 Å². The molecule has 0 unspecified atom stereocenters. The van der Waals surface area contributed by atoms with Gasteiger partial charge in [0, 0.05) is 30.7 Å². The molecule has 2 aromatic rings. The zero-order chi connectivity index (χ0) is 11.7. The van der Waals surface area contributed by atoms with Gasteiger partial charge in [-0.25, -0.2) is 0 Å². The smallest absolute Gasteiger partial charge is 0.254 e. The maximum atomic E-state index is 12.2. The second kappa shape index (κ2) is 3.97. The van der Waals surface area contributed by atoms with Crippen molar-refractivity contribution in [1.29, 1.82) is 0 Å². The number of fused-ring (bicyclic) bond motifs is 1. The minimum Gasteiger partial charge on any atom is -0.328 e. The van der Waals surface area contributed by atoms with Gasteiger partial charge in [-0.15, -0.1) is 0 Å². The molecule has 1 aliphatic heterocycles. The van der Waals surface area contributed by atoms with Gasteiger partial charge in [-0.1, -0.05) is 6.07 Å². The van der Waals surface area contributed by atoms with Gasteiger partial charge in [0.2, 0.25) is 0 Å². The highest BCUT2D eigenvalue weighted by molar-refractivity contribution is 5.94. The molecular weight excluding hydrogens is 214 g/mol. The van der Waals surface area contributed by atoms with Crippen molar-refractivity contribution in [3.05, 3.63) is 59.7 Å². The van der Waals surface area contributed by atoms with Crippen molar-refractivity contribution in [2.45, 2.75) is 13.1 Å². The summed E-state index contributed by atoms with van der Waals surface area (Å²) in [4.78, 5) is 22.2. The lowest BCUT2D eigenvalue weighted by molar-refractivity contribution is 0.0750. The van der Waals surface area contributed by atoms with E-state index in [4.69, 9.17) is 0 Å². The Morgan fingerprint density at radius 3 is 2.71 bits per heavy atom. The number of carbonyl (C=O) groups excluding carboxylic acids is 1. The van der Waals surface area contributed by atoms with Gasteiger partial charge in [-0.2, -0.15) is 0 Å². The molecule has 0 atom stereocenters. The van der Waals surface area contributed by atoms with E-state index in [1.807, 2.05) is 12.1 Å². The molecule has 0 spiro atoms. The second-order valence-corrected chi connectivity index (χ2v) is 4.01. The third-order valence-electron chi connectivity index (χ3n) is 2.90. The average molecular weight is 225 g/mol. The first-order valence-corrected chi connectivity index (χ1v) is 5.46. The third kappa shape index (κ3) is 1.78. The van der Waals surface area contributed by atoms with Crippen LogP contribution in [0.4, 0.5) is 0 Å². The molecule has 2 aromatic heterocycles. The van der Waals surface area contributed by atoms with E-state index in [1.54, 1.807) is 35.6 Å². The van der Waals surface area contributed by atoms with Crippen LogP contribution in [-0.4, -0.2) is 20.8 Å². The Labute approximate surface area is 98.9 Å². The van der Waals surface area contributed by atoms with Gasteiger partial charge in [-0.3, -0.25) is 14.8 Å². The zero-order valence-electron chi connectivity index (χ0n) is 9.21. The van der Waals surface area contributed by atoms with Gasteiger partial charge in [0.15, 0.2) is 0 Å². The van der Waals surface area contributed by atoms with Crippen LogP contribution >= 0.6 is 0 Å². The molecule has 0 aromatic carbocycles. The molecule has 4 heteroatoms. The van der Waals surface area contributed by atoms with Crippen LogP contribution in [0.3, 0.4) is 0 Å². The number of pyridine rings is 2. The summed E-state index contributed by atoms with van der Waals surface area (Å²) in [6.07, 6.45) is 5.03. The molecule has 0 aliphatic carbocycles. The Hall–Kier alpha value is -2.23. The van der Waals surface area contributed by atoms with E-state index in [9.17, 15) is 4.79 Å². The van der Waals surface area contributed by atoms with Crippen LogP contribution in [0.1, 0.15) is 21.6 Å². The predicted octanol–water partition coefficient (Wildman–Crippen LogP) is 1.63. The Kier molecular flexibility index (Phi) is 2.33. The zero-order valence-corrected chi connectivity index (χ0v) is 9.21. The van der Waals surface area contributed by atoms with Gasteiger partial charge in [0.25, 0.3) is 5.91 Å². The highest BCUT2D eigenvalue weighted by Gasteiger charge is 2.24. The lowest BCUT2D eigenvalue weighted by Crippen LogP contribution is -2.25. The van der Waals surface area contributed by atoms with Crippen LogP contribution in [0.5, 0.6) is 0 Å².